The van der Waals surface area contributed by atoms with E-state index in [0.717, 1.165) is 38.5 Å². The molecular formula is C22H15F2NOS. The molecule has 0 saturated heterocycles. The summed E-state index contributed by atoms with van der Waals surface area (Å²) in [4.78, 5) is 16.5. The number of aromatic nitrogens is 1. The molecule has 0 atom stereocenters. The van der Waals surface area contributed by atoms with Crippen molar-refractivity contribution in [2.75, 3.05) is 0 Å². The molecule has 0 N–H and O–H groups in total. The van der Waals surface area contributed by atoms with Gasteiger partial charge in [-0.3, -0.25) is 9.78 Å². The van der Waals surface area contributed by atoms with E-state index in [9.17, 15) is 13.6 Å². The standard InChI is InChI=1S/C22H15F2NOS/c1-12-5-13(2)7-15(6-12)21-22-14(3-4-25-21)8-20(27-22)17-9-16(23)10-19(24)18(17)11-26/h3-11H,1-2H3. The molecule has 0 spiro atoms. The summed E-state index contributed by atoms with van der Waals surface area (Å²) in [6, 6.07) is 11.8. The number of aldehydes is 1. The van der Waals surface area contributed by atoms with Gasteiger partial charge in [-0.15, -0.1) is 11.3 Å². The van der Waals surface area contributed by atoms with E-state index in [1.165, 1.54) is 17.4 Å². The van der Waals surface area contributed by atoms with Crippen LogP contribution in [0.3, 0.4) is 0 Å². The van der Waals surface area contributed by atoms with Gasteiger partial charge in [0.05, 0.1) is 16.0 Å². The number of carbonyl (C=O) groups excluding carboxylic acids is 1. The fourth-order valence-corrected chi connectivity index (χ4v) is 4.52. The van der Waals surface area contributed by atoms with E-state index in [-0.39, 0.29) is 11.1 Å². The molecule has 2 aromatic carbocycles. The average Bonchev–Trinajstić information content (AvgIpc) is 3.04. The van der Waals surface area contributed by atoms with Gasteiger partial charge >= 0.3 is 0 Å². The topological polar surface area (TPSA) is 30.0 Å². The summed E-state index contributed by atoms with van der Waals surface area (Å²) in [5.41, 5.74) is 4.21. The van der Waals surface area contributed by atoms with Crippen molar-refractivity contribution < 1.29 is 13.6 Å². The van der Waals surface area contributed by atoms with Gasteiger partial charge in [0.15, 0.2) is 6.29 Å². The third-order valence-corrected chi connectivity index (χ3v) is 5.60. The van der Waals surface area contributed by atoms with E-state index >= 15 is 0 Å². The summed E-state index contributed by atoms with van der Waals surface area (Å²) in [6.07, 6.45) is 2.15. The van der Waals surface area contributed by atoms with E-state index in [4.69, 9.17) is 0 Å². The minimum absolute atomic E-state index is 0.135. The number of carbonyl (C=O) groups is 1. The number of halogens is 2. The van der Waals surface area contributed by atoms with Crippen LogP contribution in [0.2, 0.25) is 0 Å². The van der Waals surface area contributed by atoms with Gasteiger partial charge in [-0.25, -0.2) is 8.78 Å². The van der Waals surface area contributed by atoms with E-state index in [1.54, 1.807) is 6.20 Å². The van der Waals surface area contributed by atoms with Crippen LogP contribution in [0.4, 0.5) is 8.78 Å². The molecule has 2 nitrogen and oxygen atoms in total. The maximum atomic E-state index is 14.0. The highest BCUT2D eigenvalue weighted by atomic mass is 32.1. The maximum Gasteiger partial charge on any atom is 0.153 e. The van der Waals surface area contributed by atoms with Crippen molar-refractivity contribution in [3.05, 3.63) is 77.0 Å². The molecule has 4 aromatic rings. The zero-order chi connectivity index (χ0) is 19.1. The zero-order valence-corrected chi connectivity index (χ0v) is 15.5. The second-order valence-electron chi connectivity index (χ2n) is 6.53. The number of hydrogen-bond acceptors (Lipinski definition) is 3. The fraction of sp³-hybridized carbons (Fsp3) is 0.0909. The van der Waals surface area contributed by atoms with Crippen molar-refractivity contribution in [3.8, 4) is 21.7 Å². The number of pyridine rings is 1. The number of fused-ring (bicyclic) bond motifs is 1. The third-order valence-electron chi connectivity index (χ3n) is 4.41. The summed E-state index contributed by atoms with van der Waals surface area (Å²) in [5.74, 6) is -1.57. The quantitative estimate of drug-likeness (QED) is 0.389. The lowest BCUT2D eigenvalue weighted by molar-refractivity contribution is 0.112. The molecule has 0 unspecified atom stereocenters. The smallest absolute Gasteiger partial charge is 0.153 e. The highest BCUT2D eigenvalue weighted by Crippen LogP contribution is 2.40. The second-order valence-corrected chi connectivity index (χ2v) is 7.58. The minimum Gasteiger partial charge on any atom is -0.298 e. The van der Waals surface area contributed by atoms with E-state index in [2.05, 4.69) is 23.2 Å². The van der Waals surface area contributed by atoms with Crippen LogP contribution in [-0.4, -0.2) is 11.3 Å². The SMILES string of the molecule is Cc1cc(C)cc(-c2nccc3cc(-c4cc(F)cc(F)c4C=O)sc23)c1. The summed E-state index contributed by atoms with van der Waals surface area (Å²) < 4.78 is 28.7. The molecule has 2 aromatic heterocycles. The number of thiophene rings is 1. The van der Waals surface area contributed by atoms with Crippen LogP contribution in [0, 0.1) is 25.5 Å². The predicted molar refractivity (Wildman–Crippen MR) is 105 cm³/mol. The lowest BCUT2D eigenvalue weighted by atomic mass is 10.0. The van der Waals surface area contributed by atoms with Gasteiger partial charge in [0.2, 0.25) is 0 Å². The Labute approximate surface area is 159 Å². The molecule has 4 rings (SSSR count). The molecule has 2 heterocycles. The highest BCUT2D eigenvalue weighted by molar-refractivity contribution is 7.22. The molecule has 0 saturated carbocycles. The van der Waals surface area contributed by atoms with Crippen LogP contribution in [0.5, 0.6) is 0 Å². The van der Waals surface area contributed by atoms with E-state index in [0.29, 0.717) is 11.2 Å². The summed E-state index contributed by atoms with van der Waals surface area (Å²) in [7, 11) is 0. The molecule has 0 aliphatic rings. The average molecular weight is 379 g/mol. The van der Waals surface area contributed by atoms with Crippen LogP contribution in [0.1, 0.15) is 21.5 Å². The zero-order valence-electron chi connectivity index (χ0n) is 14.7. The van der Waals surface area contributed by atoms with E-state index < -0.39 is 11.6 Å². The summed E-state index contributed by atoms with van der Waals surface area (Å²) >= 11 is 1.38. The number of rotatable bonds is 3. The van der Waals surface area contributed by atoms with Crippen molar-refractivity contribution in [1.82, 2.24) is 4.98 Å². The first kappa shape index (κ1) is 17.5. The van der Waals surface area contributed by atoms with Crippen molar-refractivity contribution >= 4 is 27.7 Å². The Kier molecular flexibility index (Phi) is 4.32. The number of aryl methyl sites for hydroxylation is 2. The largest absolute Gasteiger partial charge is 0.298 e. The van der Waals surface area contributed by atoms with Gasteiger partial charge < -0.3 is 0 Å². The van der Waals surface area contributed by atoms with Crippen LogP contribution >= 0.6 is 11.3 Å². The number of benzene rings is 2. The fourth-order valence-electron chi connectivity index (χ4n) is 3.32. The first-order valence-electron chi connectivity index (χ1n) is 8.38. The maximum absolute atomic E-state index is 14.0. The molecule has 0 amide bonds. The lowest BCUT2D eigenvalue weighted by Crippen LogP contribution is -1.93. The normalized spacial score (nSPS) is 11.1. The Morgan fingerprint density at radius 2 is 1.74 bits per heavy atom. The third kappa shape index (κ3) is 3.15. The monoisotopic (exact) mass is 379 g/mol. The van der Waals surface area contributed by atoms with Gasteiger partial charge in [0, 0.05) is 28.3 Å². The van der Waals surface area contributed by atoms with E-state index in [1.807, 2.05) is 26.0 Å². The van der Waals surface area contributed by atoms with Gasteiger partial charge in [-0.2, -0.15) is 0 Å². The van der Waals surface area contributed by atoms with Crippen molar-refractivity contribution in [2.45, 2.75) is 13.8 Å². The number of nitrogens with zero attached hydrogens (tertiary/aromatic N) is 1. The molecule has 0 fully saturated rings. The van der Waals surface area contributed by atoms with Crippen molar-refractivity contribution in [2.24, 2.45) is 0 Å². The van der Waals surface area contributed by atoms with Crippen LogP contribution in [0.15, 0.2) is 48.7 Å². The first-order valence-corrected chi connectivity index (χ1v) is 9.20. The Bertz CT molecular complexity index is 1180. The van der Waals surface area contributed by atoms with Gasteiger partial charge in [0.1, 0.15) is 11.6 Å². The molecule has 0 radical (unpaired) electrons. The highest BCUT2D eigenvalue weighted by Gasteiger charge is 2.17. The number of hydrogen-bond donors (Lipinski definition) is 0. The second kappa shape index (κ2) is 6.67. The molecule has 0 aliphatic heterocycles. The Morgan fingerprint density at radius 1 is 1.00 bits per heavy atom. The predicted octanol–water partition coefficient (Wildman–Crippen LogP) is 6.34. The van der Waals surface area contributed by atoms with Crippen LogP contribution < -0.4 is 0 Å². The van der Waals surface area contributed by atoms with Gasteiger partial charge in [0.25, 0.3) is 0 Å². The molecule has 0 bridgehead atoms. The lowest BCUT2D eigenvalue weighted by Gasteiger charge is -2.06. The van der Waals surface area contributed by atoms with Crippen LogP contribution in [-0.2, 0) is 0 Å². The molecule has 0 aliphatic carbocycles. The van der Waals surface area contributed by atoms with Gasteiger partial charge in [-0.05, 0) is 49.6 Å². The molecular weight excluding hydrogens is 364 g/mol. The summed E-state index contributed by atoms with van der Waals surface area (Å²) in [5, 5.41) is 0.917. The molecule has 5 heteroatoms. The Hall–Kier alpha value is -2.92. The minimum atomic E-state index is -0.856. The molecule has 27 heavy (non-hydrogen) atoms. The van der Waals surface area contributed by atoms with Crippen molar-refractivity contribution in [3.63, 3.8) is 0 Å². The molecule has 134 valence electrons. The van der Waals surface area contributed by atoms with Gasteiger partial charge in [-0.1, -0.05) is 17.2 Å². The Morgan fingerprint density at radius 3 is 2.44 bits per heavy atom. The van der Waals surface area contributed by atoms with Crippen LogP contribution in [0.25, 0.3) is 31.8 Å². The summed E-state index contributed by atoms with van der Waals surface area (Å²) in [6.45, 7) is 4.06. The Balaban J connectivity index is 1.96. The van der Waals surface area contributed by atoms with Crippen molar-refractivity contribution in [1.29, 1.82) is 0 Å². The first-order chi connectivity index (χ1) is 13.0.